The van der Waals surface area contributed by atoms with Crippen molar-refractivity contribution < 1.29 is 9.59 Å². The van der Waals surface area contributed by atoms with Crippen LogP contribution in [0.2, 0.25) is 0 Å². The molecule has 0 aliphatic heterocycles. The first-order valence-electron chi connectivity index (χ1n) is 7.39. The van der Waals surface area contributed by atoms with E-state index in [4.69, 9.17) is 0 Å². The van der Waals surface area contributed by atoms with Gasteiger partial charge < -0.3 is 5.32 Å². The van der Waals surface area contributed by atoms with Crippen molar-refractivity contribution in [1.82, 2.24) is 4.98 Å². The van der Waals surface area contributed by atoms with Crippen LogP contribution in [0.4, 0.5) is 10.8 Å². The number of nitrogens with one attached hydrogen (secondary N) is 2. The average Bonchev–Trinajstić information content (AvgIpc) is 3.32. The number of aryl methyl sites for hydroxylation is 1. The largest absolute Gasteiger partial charge is 0.323 e. The van der Waals surface area contributed by atoms with Crippen molar-refractivity contribution in [2.75, 3.05) is 10.6 Å². The lowest BCUT2D eigenvalue weighted by Gasteiger charge is -2.04. The lowest BCUT2D eigenvalue weighted by Crippen LogP contribution is -2.12. The Hall–Kier alpha value is -2.47. The molecule has 23 heavy (non-hydrogen) atoms. The number of aromatic nitrogens is 1. The number of hydrogen-bond donors (Lipinski definition) is 2. The van der Waals surface area contributed by atoms with Gasteiger partial charge in [-0.25, -0.2) is 4.98 Å². The third-order valence-corrected chi connectivity index (χ3v) is 4.52. The summed E-state index contributed by atoms with van der Waals surface area (Å²) in [5.74, 6) is 0.0837. The van der Waals surface area contributed by atoms with Gasteiger partial charge in [-0.05, 0) is 50.1 Å². The molecule has 3 rings (SSSR count). The first-order valence-corrected chi connectivity index (χ1v) is 8.20. The number of benzene rings is 1. The van der Waals surface area contributed by atoms with Crippen molar-refractivity contribution in [3.8, 4) is 0 Å². The van der Waals surface area contributed by atoms with Crippen LogP contribution in [0.1, 0.15) is 39.7 Å². The molecule has 1 aliphatic carbocycles. The fourth-order valence-electron chi connectivity index (χ4n) is 2.26. The minimum absolute atomic E-state index is 0.206. The fourth-order valence-corrected chi connectivity index (χ4v) is 3.16. The predicted octanol–water partition coefficient (Wildman–Crippen LogP) is 3.71. The highest BCUT2D eigenvalue weighted by molar-refractivity contribution is 7.15. The molecule has 0 radical (unpaired) electrons. The third-order valence-electron chi connectivity index (χ3n) is 3.62. The molecule has 2 amide bonds. The molecule has 2 aromatic rings. The number of nitrogens with zero attached hydrogens (tertiary/aromatic N) is 1. The van der Waals surface area contributed by atoms with Crippen LogP contribution in [0, 0.1) is 6.92 Å². The standard InChI is InChI=1S/C17H17N3O2S/c1-3-14(21)18-13-8-6-12(7-9-13)16(22)20-17-19-15(10(2)23-17)11-4-5-11/h3,6-9,11H,1,4-5H2,2H3,(H,18,21)(H,19,20,22). The van der Waals surface area contributed by atoms with Crippen LogP contribution in [-0.4, -0.2) is 16.8 Å². The van der Waals surface area contributed by atoms with Crippen molar-refractivity contribution >= 4 is 34.0 Å². The van der Waals surface area contributed by atoms with Gasteiger partial charge in [-0.15, -0.1) is 11.3 Å². The quantitative estimate of drug-likeness (QED) is 0.823. The molecule has 118 valence electrons. The molecule has 1 aromatic heterocycles. The summed E-state index contributed by atoms with van der Waals surface area (Å²) in [4.78, 5) is 29.2. The van der Waals surface area contributed by atoms with E-state index in [1.807, 2.05) is 6.92 Å². The molecule has 0 unspecified atom stereocenters. The van der Waals surface area contributed by atoms with Gasteiger partial charge in [0.2, 0.25) is 5.91 Å². The van der Waals surface area contributed by atoms with E-state index in [9.17, 15) is 9.59 Å². The molecule has 1 fully saturated rings. The molecular formula is C17H17N3O2S. The normalized spacial score (nSPS) is 13.4. The van der Waals surface area contributed by atoms with E-state index in [2.05, 4.69) is 22.2 Å². The summed E-state index contributed by atoms with van der Waals surface area (Å²) in [7, 11) is 0. The number of carbonyl (C=O) groups excluding carboxylic acids is 2. The smallest absolute Gasteiger partial charge is 0.257 e. The van der Waals surface area contributed by atoms with Crippen LogP contribution < -0.4 is 10.6 Å². The molecular weight excluding hydrogens is 310 g/mol. The molecule has 2 N–H and O–H groups in total. The van der Waals surface area contributed by atoms with Gasteiger partial charge in [0.1, 0.15) is 0 Å². The second-order valence-electron chi connectivity index (χ2n) is 5.46. The van der Waals surface area contributed by atoms with Crippen LogP contribution in [0.25, 0.3) is 0 Å². The molecule has 0 bridgehead atoms. The van der Waals surface area contributed by atoms with Crippen molar-refractivity contribution in [3.05, 3.63) is 53.1 Å². The highest BCUT2D eigenvalue weighted by Crippen LogP contribution is 2.43. The summed E-state index contributed by atoms with van der Waals surface area (Å²) in [5.41, 5.74) is 2.25. The Kier molecular flexibility index (Phi) is 4.25. The highest BCUT2D eigenvalue weighted by atomic mass is 32.1. The summed E-state index contributed by atoms with van der Waals surface area (Å²) in [6.07, 6.45) is 3.58. The SMILES string of the molecule is C=CC(=O)Nc1ccc(C(=O)Nc2nc(C3CC3)c(C)s2)cc1. The molecule has 6 heteroatoms. The first kappa shape index (κ1) is 15.4. The Morgan fingerprint density at radius 2 is 1.96 bits per heavy atom. The maximum Gasteiger partial charge on any atom is 0.257 e. The van der Waals surface area contributed by atoms with Crippen molar-refractivity contribution in [1.29, 1.82) is 0 Å². The van der Waals surface area contributed by atoms with Crippen molar-refractivity contribution in [3.63, 3.8) is 0 Å². The van der Waals surface area contributed by atoms with Gasteiger partial charge in [-0.3, -0.25) is 14.9 Å². The number of rotatable bonds is 5. The topological polar surface area (TPSA) is 71.1 Å². The van der Waals surface area contributed by atoms with E-state index < -0.39 is 0 Å². The van der Waals surface area contributed by atoms with Crippen LogP contribution in [0.3, 0.4) is 0 Å². The van der Waals surface area contributed by atoms with Gasteiger partial charge in [0.05, 0.1) is 5.69 Å². The van der Waals surface area contributed by atoms with Gasteiger partial charge in [0.15, 0.2) is 5.13 Å². The zero-order chi connectivity index (χ0) is 16.4. The summed E-state index contributed by atoms with van der Waals surface area (Å²) < 4.78 is 0. The third kappa shape index (κ3) is 3.65. The van der Waals surface area contributed by atoms with Crippen LogP contribution in [0.15, 0.2) is 36.9 Å². The second-order valence-corrected chi connectivity index (χ2v) is 6.66. The van der Waals surface area contributed by atoms with Crippen molar-refractivity contribution in [2.24, 2.45) is 0 Å². The molecule has 0 atom stereocenters. The van der Waals surface area contributed by atoms with E-state index in [1.54, 1.807) is 24.3 Å². The van der Waals surface area contributed by atoms with Crippen molar-refractivity contribution in [2.45, 2.75) is 25.7 Å². The molecule has 1 aliphatic rings. The number of amides is 2. The molecule has 0 saturated heterocycles. The van der Waals surface area contributed by atoms with E-state index in [0.717, 1.165) is 5.69 Å². The van der Waals surface area contributed by atoms with E-state index in [1.165, 1.54) is 35.1 Å². The Morgan fingerprint density at radius 3 is 2.57 bits per heavy atom. The molecule has 5 nitrogen and oxygen atoms in total. The molecule has 1 heterocycles. The fraction of sp³-hybridized carbons (Fsp3) is 0.235. The number of hydrogen-bond acceptors (Lipinski definition) is 4. The Labute approximate surface area is 138 Å². The number of carbonyl (C=O) groups is 2. The zero-order valence-corrected chi connectivity index (χ0v) is 13.6. The Morgan fingerprint density at radius 1 is 1.26 bits per heavy atom. The van der Waals surface area contributed by atoms with Gasteiger partial charge in [-0.2, -0.15) is 0 Å². The van der Waals surface area contributed by atoms with Crippen LogP contribution in [0.5, 0.6) is 0 Å². The second kappa shape index (κ2) is 6.34. The van der Waals surface area contributed by atoms with Gasteiger partial charge in [-0.1, -0.05) is 6.58 Å². The summed E-state index contributed by atoms with van der Waals surface area (Å²) in [6.45, 7) is 5.43. The van der Waals surface area contributed by atoms with Gasteiger partial charge >= 0.3 is 0 Å². The number of anilines is 2. The summed E-state index contributed by atoms with van der Waals surface area (Å²) in [5, 5.41) is 6.11. The molecule has 0 spiro atoms. The van der Waals surface area contributed by atoms with E-state index >= 15 is 0 Å². The predicted molar refractivity (Wildman–Crippen MR) is 92.0 cm³/mol. The highest BCUT2D eigenvalue weighted by Gasteiger charge is 2.28. The molecule has 1 aromatic carbocycles. The first-order chi connectivity index (χ1) is 11.1. The molecule has 1 saturated carbocycles. The van der Waals surface area contributed by atoms with Gasteiger partial charge in [0, 0.05) is 22.0 Å². The minimum Gasteiger partial charge on any atom is -0.323 e. The van der Waals surface area contributed by atoms with E-state index in [0.29, 0.717) is 22.3 Å². The van der Waals surface area contributed by atoms with Gasteiger partial charge in [0.25, 0.3) is 5.91 Å². The maximum atomic E-state index is 12.3. The lowest BCUT2D eigenvalue weighted by atomic mass is 10.2. The van der Waals surface area contributed by atoms with Crippen LogP contribution in [-0.2, 0) is 4.79 Å². The van der Waals surface area contributed by atoms with E-state index in [-0.39, 0.29) is 11.8 Å². The van der Waals surface area contributed by atoms with Crippen LogP contribution >= 0.6 is 11.3 Å². The average molecular weight is 327 g/mol. The monoisotopic (exact) mass is 327 g/mol. The Bertz CT molecular complexity index is 761. The lowest BCUT2D eigenvalue weighted by molar-refractivity contribution is -0.111. The zero-order valence-electron chi connectivity index (χ0n) is 12.8. The Balaban J connectivity index is 1.67. The number of thiazole rings is 1. The summed E-state index contributed by atoms with van der Waals surface area (Å²) in [6, 6.07) is 6.69. The summed E-state index contributed by atoms with van der Waals surface area (Å²) >= 11 is 1.51. The maximum absolute atomic E-state index is 12.3. The minimum atomic E-state index is -0.284.